The second-order valence-corrected chi connectivity index (χ2v) is 4.47. The smallest absolute Gasteiger partial charge is 0.326 e. The minimum atomic E-state index is -1.04. The van der Waals surface area contributed by atoms with E-state index < -0.39 is 17.9 Å². The molecule has 18 heavy (non-hydrogen) atoms. The number of rotatable bonds is 6. The summed E-state index contributed by atoms with van der Waals surface area (Å²) in [5.41, 5.74) is 0.160. The highest BCUT2D eigenvalue weighted by molar-refractivity contribution is 5.95. The van der Waals surface area contributed by atoms with Gasteiger partial charge in [0.15, 0.2) is 12.1 Å². The normalized spacial score (nSPS) is 12.4. The van der Waals surface area contributed by atoms with Crippen LogP contribution >= 0.6 is 0 Å². The molecule has 1 aromatic rings. The molecule has 0 saturated carbocycles. The second kappa shape index (κ2) is 6.18. The monoisotopic (exact) mass is 254 g/mol. The van der Waals surface area contributed by atoms with Gasteiger partial charge in [0.25, 0.3) is 5.91 Å². The van der Waals surface area contributed by atoms with E-state index in [0.717, 1.165) is 0 Å². The van der Waals surface area contributed by atoms with E-state index in [9.17, 15) is 9.59 Å². The summed E-state index contributed by atoms with van der Waals surface area (Å²) in [5, 5.41) is 11.5. The fraction of sp³-hybridized carbons (Fsp3) is 0.583. The summed E-state index contributed by atoms with van der Waals surface area (Å²) < 4.78 is 5.04. The van der Waals surface area contributed by atoms with Crippen LogP contribution in [0.4, 0.5) is 0 Å². The van der Waals surface area contributed by atoms with Crippen molar-refractivity contribution in [2.75, 3.05) is 0 Å². The zero-order chi connectivity index (χ0) is 13.7. The number of aryl methyl sites for hydroxylation is 1. The summed E-state index contributed by atoms with van der Waals surface area (Å²) in [6.45, 7) is 5.63. The molecule has 100 valence electrons. The van der Waals surface area contributed by atoms with Gasteiger partial charge in [-0.3, -0.25) is 4.79 Å². The number of nitrogens with zero attached hydrogens (tertiary/aromatic N) is 1. The first-order valence-corrected chi connectivity index (χ1v) is 5.91. The molecular formula is C12H18N2O4. The first-order valence-electron chi connectivity index (χ1n) is 5.91. The van der Waals surface area contributed by atoms with Crippen molar-refractivity contribution in [2.24, 2.45) is 5.92 Å². The van der Waals surface area contributed by atoms with E-state index in [0.29, 0.717) is 18.6 Å². The number of hydrogen-bond donors (Lipinski definition) is 2. The summed E-state index contributed by atoms with van der Waals surface area (Å²) in [6.07, 6.45) is 2.09. The van der Waals surface area contributed by atoms with E-state index in [-0.39, 0.29) is 11.6 Å². The number of aromatic nitrogens is 1. The lowest BCUT2D eigenvalue weighted by atomic mass is 10.0. The van der Waals surface area contributed by atoms with Crippen LogP contribution in [0.25, 0.3) is 0 Å². The molecule has 0 bridgehead atoms. The largest absolute Gasteiger partial charge is 0.480 e. The van der Waals surface area contributed by atoms with Crippen molar-refractivity contribution in [3.8, 4) is 0 Å². The van der Waals surface area contributed by atoms with Crippen molar-refractivity contribution in [3.63, 3.8) is 0 Å². The minimum Gasteiger partial charge on any atom is -0.480 e. The van der Waals surface area contributed by atoms with E-state index >= 15 is 0 Å². The molecule has 0 aliphatic rings. The Labute approximate surface area is 105 Å². The Kier molecular flexibility index (Phi) is 4.88. The molecule has 1 rings (SSSR count). The van der Waals surface area contributed by atoms with Gasteiger partial charge in [-0.05, 0) is 12.3 Å². The summed E-state index contributed by atoms with van der Waals surface area (Å²) in [6, 6.07) is -0.904. The molecule has 0 spiro atoms. The second-order valence-electron chi connectivity index (χ2n) is 4.47. The molecule has 0 aromatic carbocycles. The first kappa shape index (κ1) is 14.2. The van der Waals surface area contributed by atoms with Gasteiger partial charge < -0.3 is 14.8 Å². The third kappa shape index (κ3) is 3.58. The number of amides is 1. The van der Waals surface area contributed by atoms with Crippen molar-refractivity contribution in [2.45, 2.75) is 39.7 Å². The fourth-order valence-corrected chi connectivity index (χ4v) is 1.63. The van der Waals surface area contributed by atoms with Crippen molar-refractivity contribution < 1.29 is 19.1 Å². The van der Waals surface area contributed by atoms with Crippen LogP contribution in [-0.4, -0.2) is 28.0 Å². The molecule has 1 heterocycles. The summed E-state index contributed by atoms with van der Waals surface area (Å²) in [4.78, 5) is 26.7. The van der Waals surface area contributed by atoms with Gasteiger partial charge in [0.2, 0.25) is 0 Å². The van der Waals surface area contributed by atoms with Gasteiger partial charge in [-0.15, -0.1) is 0 Å². The lowest BCUT2D eigenvalue weighted by molar-refractivity contribution is -0.139. The van der Waals surface area contributed by atoms with Crippen molar-refractivity contribution in [1.82, 2.24) is 10.3 Å². The van der Waals surface area contributed by atoms with Gasteiger partial charge in [0.1, 0.15) is 11.8 Å². The predicted octanol–water partition coefficient (Wildman–Crippen LogP) is 1.47. The van der Waals surface area contributed by atoms with E-state index in [1.54, 1.807) is 0 Å². The maximum Gasteiger partial charge on any atom is 0.326 e. The highest BCUT2D eigenvalue weighted by Gasteiger charge is 2.24. The number of carboxylic acid groups (broad SMARTS) is 1. The number of hydrogen-bond acceptors (Lipinski definition) is 4. The zero-order valence-corrected chi connectivity index (χ0v) is 10.8. The topological polar surface area (TPSA) is 92.4 Å². The van der Waals surface area contributed by atoms with Crippen molar-refractivity contribution >= 4 is 11.9 Å². The van der Waals surface area contributed by atoms with E-state index in [1.807, 2.05) is 20.8 Å². The quantitative estimate of drug-likeness (QED) is 0.801. The number of carbonyl (C=O) groups excluding carboxylic acids is 1. The third-order valence-corrected chi connectivity index (χ3v) is 2.49. The van der Waals surface area contributed by atoms with Gasteiger partial charge in [-0.1, -0.05) is 20.8 Å². The molecule has 0 fully saturated rings. The average molecular weight is 254 g/mol. The van der Waals surface area contributed by atoms with Gasteiger partial charge in [-0.25, -0.2) is 9.78 Å². The number of aliphatic carboxylic acids is 1. The highest BCUT2D eigenvalue weighted by Crippen LogP contribution is 2.10. The molecule has 0 aliphatic heterocycles. The number of nitrogens with one attached hydrogen (secondary N) is 1. The van der Waals surface area contributed by atoms with Gasteiger partial charge in [-0.2, -0.15) is 0 Å². The first-order chi connectivity index (χ1) is 8.45. The molecule has 0 aliphatic carbocycles. The summed E-state index contributed by atoms with van der Waals surface area (Å²) in [5.74, 6) is -0.914. The Bertz CT molecular complexity index is 425. The molecule has 0 saturated heterocycles. The Balaban J connectivity index is 2.75. The molecule has 6 heteroatoms. The molecular weight excluding hydrogens is 236 g/mol. The Morgan fingerprint density at radius 1 is 1.50 bits per heavy atom. The molecule has 1 unspecified atom stereocenters. The summed E-state index contributed by atoms with van der Waals surface area (Å²) in [7, 11) is 0. The standard InChI is InChI=1S/C12H18N2O4/c1-4-9-10(13-6-18-9)11(15)14-8(12(16)17)5-7(2)3/h6-8H,4-5H2,1-3H3,(H,14,15)(H,16,17). The van der Waals surface area contributed by atoms with Crippen LogP contribution in [0.5, 0.6) is 0 Å². The van der Waals surface area contributed by atoms with Crippen LogP contribution in [0.2, 0.25) is 0 Å². The molecule has 1 aromatic heterocycles. The van der Waals surface area contributed by atoms with Gasteiger partial charge >= 0.3 is 5.97 Å². The lowest BCUT2D eigenvalue weighted by Gasteiger charge is -2.15. The minimum absolute atomic E-state index is 0.160. The highest BCUT2D eigenvalue weighted by atomic mass is 16.4. The Hall–Kier alpha value is -1.85. The zero-order valence-electron chi connectivity index (χ0n) is 10.8. The number of carboxylic acids is 1. The Morgan fingerprint density at radius 2 is 2.17 bits per heavy atom. The van der Waals surface area contributed by atoms with Crippen LogP contribution in [0.1, 0.15) is 43.4 Å². The Morgan fingerprint density at radius 3 is 2.67 bits per heavy atom. The number of carbonyl (C=O) groups is 2. The third-order valence-electron chi connectivity index (χ3n) is 2.49. The van der Waals surface area contributed by atoms with E-state index in [1.165, 1.54) is 6.39 Å². The molecule has 0 radical (unpaired) electrons. The fourth-order valence-electron chi connectivity index (χ4n) is 1.63. The maximum absolute atomic E-state index is 11.9. The lowest BCUT2D eigenvalue weighted by Crippen LogP contribution is -2.42. The van der Waals surface area contributed by atoms with Crippen molar-refractivity contribution in [1.29, 1.82) is 0 Å². The van der Waals surface area contributed by atoms with Gasteiger partial charge in [0.05, 0.1) is 0 Å². The van der Waals surface area contributed by atoms with Crippen LogP contribution in [-0.2, 0) is 11.2 Å². The molecule has 1 amide bonds. The molecule has 2 N–H and O–H groups in total. The SMILES string of the molecule is CCc1ocnc1C(=O)NC(CC(C)C)C(=O)O. The summed E-state index contributed by atoms with van der Waals surface area (Å²) >= 11 is 0. The molecule has 1 atom stereocenters. The number of oxazole rings is 1. The van der Waals surface area contributed by atoms with Crippen molar-refractivity contribution in [3.05, 3.63) is 17.8 Å². The van der Waals surface area contributed by atoms with Crippen LogP contribution in [0, 0.1) is 5.92 Å². The van der Waals surface area contributed by atoms with Gasteiger partial charge in [0, 0.05) is 6.42 Å². The van der Waals surface area contributed by atoms with E-state index in [2.05, 4.69) is 10.3 Å². The van der Waals surface area contributed by atoms with Crippen LogP contribution < -0.4 is 5.32 Å². The average Bonchev–Trinajstić information content (AvgIpc) is 2.75. The predicted molar refractivity (Wildman–Crippen MR) is 64.2 cm³/mol. The maximum atomic E-state index is 11.9. The van der Waals surface area contributed by atoms with Crippen LogP contribution in [0.15, 0.2) is 10.8 Å². The van der Waals surface area contributed by atoms with Crippen LogP contribution in [0.3, 0.4) is 0 Å². The van der Waals surface area contributed by atoms with E-state index in [4.69, 9.17) is 9.52 Å². The molecule has 6 nitrogen and oxygen atoms in total.